The van der Waals surface area contributed by atoms with Crippen LogP contribution in [0.2, 0.25) is 0 Å². The minimum absolute atomic E-state index is 0.725. The van der Waals surface area contributed by atoms with Crippen molar-refractivity contribution < 1.29 is 4.57 Å². The summed E-state index contributed by atoms with van der Waals surface area (Å²) in [6.07, 6.45) is 0. The predicted octanol–water partition coefficient (Wildman–Crippen LogP) is -0.465. The van der Waals surface area contributed by atoms with Crippen molar-refractivity contribution in [3.63, 3.8) is 0 Å². The van der Waals surface area contributed by atoms with E-state index in [1.54, 1.807) is 0 Å². The molecule has 0 spiro atoms. The summed E-state index contributed by atoms with van der Waals surface area (Å²) in [6.45, 7) is 0. The normalized spacial score (nSPS) is 31.6. The Morgan fingerprint density at radius 3 is 2.33 bits per heavy atom. The van der Waals surface area contributed by atoms with Gasteiger partial charge in [0.25, 0.3) is 0 Å². The molecule has 3 aliphatic heterocycles. The molecule has 0 saturated heterocycles. The molecule has 1 aromatic rings. The first kappa shape index (κ1) is 4.13. The Labute approximate surface area is 52.0 Å². The molecule has 3 heteroatoms. The summed E-state index contributed by atoms with van der Waals surface area (Å²) in [7, 11) is -1.89. The molecule has 2 bridgehead atoms. The molecule has 1 aromatic carbocycles. The quantitative estimate of drug-likeness (QED) is 0.336. The zero-order valence-electron chi connectivity index (χ0n) is 4.59. The van der Waals surface area contributed by atoms with E-state index in [9.17, 15) is 4.57 Å². The van der Waals surface area contributed by atoms with Gasteiger partial charge in [-0.25, -0.2) is 0 Å². The minimum atomic E-state index is -1.89. The van der Waals surface area contributed by atoms with E-state index in [4.69, 9.17) is 5.73 Å². The number of fused-ring (bicyclic) bond motifs is 2. The third-order valence-corrected chi connectivity index (χ3v) is 4.84. The van der Waals surface area contributed by atoms with E-state index in [1.807, 2.05) is 12.1 Å². The van der Waals surface area contributed by atoms with Crippen molar-refractivity contribution in [1.29, 1.82) is 0 Å². The van der Waals surface area contributed by atoms with E-state index in [1.165, 1.54) is 0 Å². The minimum Gasteiger partial charge on any atom is -0.398 e. The summed E-state index contributed by atoms with van der Waals surface area (Å²) < 4.78 is 11.3. The van der Waals surface area contributed by atoms with Crippen LogP contribution >= 0.6 is 7.14 Å². The standard InChI is InChI=1S/C6H4NOP/c7-3-1-2-4-6-5(3)9(4,6)8/h1-2H,7H2. The van der Waals surface area contributed by atoms with E-state index in [0.29, 0.717) is 0 Å². The van der Waals surface area contributed by atoms with Crippen LogP contribution in [0, 0.1) is 0 Å². The van der Waals surface area contributed by atoms with Crippen LogP contribution in [0.4, 0.5) is 5.69 Å². The molecule has 2 nitrogen and oxygen atoms in total. The smallest absolute Gasteiger partial charge is 0.176 e. The van der Waals surface area contributed by atoms with Gasteiger partial charge in [-0.1, -0.05) is 0 Å². The first-order chi connectivity index (χ1) is 4.26. The molecular formula is C6H4NOP. The molecule has 0 fully saturated rings. The highest BCUT2D eigenvalue weighted by Crippen LogP contribution is 2.67. The second-order valence-electron chi connectivity index (χ2n) is 2.48. The number of nitrogens with two attached hydrogens (primary N) is 1. The fourth-order valence-electron chi connectivity index (χ4n) is 1.42. The van der Waals surface area contributed by atoms with Crippen LogP contribution in [0.3, 0.4) is 0 Å². The van der Waals surface area contributed by atoms with Gasteiger partial charge in [-0.2, -0.15) is 0 Å². The van der Waals surface area contributed by atoms with Crippen LogP contribution in [0.1, 0.15) is 0 Å². The van der Waals surface area contributed by atoms with Gasteiger partial charge < -0.3 is 10.3 Å². The molecule has 1 unspecified atom stereocenters. The zero-order valence-corrected chi connectivity index (χ0v) is 5.48. The van der Waals surface area contributed by atoms with Gasteiger partial charge in [0.1, 0.15) is 0 Å². The van der Waals surface area contributed by atoms with E-state index in [-0.39, 0.29) is 0 Å². The van der Waals surface area contributed by atoms with E-state index >= 15 is 0 Å². The van der Waals surface area contributed by atoms with Crippen molar-refractivity contribution in [3.05, 3.63) is 12.1 Å². The Morgan fingerprint density at radius 2 is 2.00 bits per heavy atom. The molecule has 0 aliphatic carbocycles. The topological polar surface area (TPSA) is 43.1 Å². The maximum absolute atomic E-state index is 11.3. The molecule has 9 heavy (non-hydrogen) atoms. The molecule has 44 valence electrons. The van der Waals surface area contributed by atoms with Crippen molar-refractivity contribution >= 4 is 28.7 Å². The highest BCUT2D eigenvalue weighted by Gasteiger charge is 2.67. The fourth-order valence-corrected chi connectivity index (χ4v) is 4.15. The van der Waals surface area contributed by atoms with Crippen LogP contribution in [-0.2, 0) is 4.57 Å². The van der Waals surface area contributed by atoms with Crippen LogP contribution in [0.15, 0.2) is 12.1 Å². The number of rotatable bonds is 0. The van der Waals surface area contributed by atoms with Crippen LogP contribution in [0.25, 0.3) is 0 Å². The number of nitrogen functional groups attached to an aromatic ring is 1. The lowest BCUT2D eigenvalue weighted by molar-refractivity contribution is 0.598. The Kier molecular flexibility index (Phi) is 0.350. The van der Waals surface area contributed by atoms with Crippen LogP contribution in [-0.4, -0.2) is 0 Å². The van der Waals surface area contributed by atoms with Gasteiger partial charge >= 0.3 is 0 Å². The highest BCUT2D eigenvalue weighted by atomic mass is 31.2. The third kappa shape index (κ3) is 0.218. The second kappa shape index (κ2) is 0.764. The predicted molar refractivity (Wildman–Crippen MR) is 37.4 cm³/mol. The Balaban J connectivity index is 2.59. The summed E-state index contributed by atoms with van der Waals surface area (Å²) >= 11 is 0. The number of hydrogen-bond acceptors (Lipinski definition) is 2. The Hall–Kier alpha value is -0.750. The zero-order chi connectivity index (χ0) is 6.22. The largest absolute Gasteiger partial charge is 0.398 e. The molecule has 0 radical (unpaired) electrons. The monoisotopic (exact) mass is 137 g/mol. The van der Waals surface area contributed by atoms with Gasteiger partial charge in [0.2, 0.25) is 0 Å². The third-order valence-electron chi connectivity index (χ3n) is 2.03. The number of anilines is 1. The molecule has 2 N–H and O–H groups in total. The number of benzene rings is 1. The van der Waals surface area contributed by atoms with E-state index < -0.39 is 7.14 Å². The lowest BCUT2D eigenvalue weighted by Gasteiger charge is -1.94. The molecule has 3 aliphatic rings. The maximum atomic E-state index is 11.3. The summed E-state index contributed by atoms with van der Waals surface area (Å²) in [5.41, 5.74) is 6.23. The van der Waals surface area contributed by atoms with Crippen LogP contribution < -0.4 is 21.6 Å². The summed E-state index contributed by atoms with van der Waals surface area (Å²) in [6, 6.07) is 3.70. The molecule has 0 amide bonds. The van der Waals surface area contributed by atoms with Crippen molar-refractivity contribution in [2.24, 2.45) is 0 Å². The van der Waals surface area contributed by atoms with Crippen molar-refractivity contribution in [2.75, 3.05) is 5.73 Å². The van der Waals surface area contributed by atoms with Crippen molar-refractivity contribution in [1.82, 2.24) is 0 Å². The van der Waals surface area contributed by atoms with Crippen molar-refractivity contribution in [3.8, 4) is 0 Å². The van der Waals surface area contributed by atoms with Crippen LogP contribution in [0.5, 0.6) is 0 Å². The fraction of sp³-hybridized carbons (Fsp3) is 0. The van der Waals surface area contributed by atoms with Gasteiger partial charge in [0.15, 0.2) is 7.14 Å². The maximum Gasteiger partial charge on any atom is 0.176 e. The average molecular weight is 137 g/mol. The van der Waals surface area contributed by atoms with Gasteiger partial charge in [-0.05, 0) is 12.1 Å². The molecular weight excluding hydrogens is 133 g/mol. The summed E-state index contributed by atoms with van der Waals surface area (Å²) in [4.78, 5) is 0. The molecule has 0 aromatic heterocycles. The summed E-state index contributed by atoms with van der Waals surface area (Å²) in [5.74, 6) is 0. The highest BCUT2D eigenvalue weighted by molar-refractivity contribution is 8.06. The second-order valence-corrected chi connectivity index (χ2v) is 5.08. The molecule has 3 heterocycles. The van der Waals surface area contributed by atoms with Gasteiger partial charge in [0.05, 0.1) is 5.30 Å². The first-order valence-corrected chi connectivity index (χ1v) is 4.51. The Bertz CT molecular complexity index is 383. The lowest BCUT2D eigenvalue weighted by Crippen LogP contribution is -2.12. The molecule has 0 saturated carbocycles. The average Bonchev–Trinajstić information content (AvgIpc) is 2.57. The SMILES string of the molecule is Nc1ccc2c3c1P23=O. The van der Waals surface area contributed by atoms with Gasteiger partial charge in [0, 0.05) is 16.3 Å². The van der Waals surface area contributed by atoms with E-state index in [2.05, 4.69) is 0 Å². The molecule has 4 rings (SSSR count). The molecule has 1 atom stereocenters. The van der Waals surface area contributed by atoms with E-state index in [0.717, 1.165) is 21.6 Å². The Morgan fingerprint density at radius 1 is 1.33 bits per heavy atom. The van der Waals surface area contributed by atoms with Gasteiger partial charge in [-0.15, -0.1) is 0 Å². The first-order valence-electron chi connectivity index (χ1n) is 2.80. The van der Waals surface area contributed by atoms with Gasteiger partial charge in [-0.3, -0.25) is 0 Å². The number of hydrogen-bond donors (Lipinski definition) is 1. The van der Waals surface area contributed by atoms with Crippen molar-refractivity contribution in [2.45, 2.75) is 0 Å². The lowest BCUT2D eigenvalue weighted by atomic mass is 10.3. The summed E-state index contributed by atoms with van der Waals surface area (Å²) in [5, 5.41) is 3.13.